The van der Waals surface area contributed by atoms with Crippen LogP contribution in [-0.2, 0) is 6.42 Å². The van der Waals surface area contributed by atoms with Crippen LogP contribution >= 0.6 is 0 Å². The molecule has 0 amide bonds. The summed E-state index contributed by atoms with van der Waals surface area (Å²) >= 11 is 0. The number of rotatable bonds is 5. The number of hydrogen-bond donors (Lipinski definition) is 1. The van der Waals surface area contributed by atoms with Crippen molar-refractivity contribution in [2.45, 2.75) is 39.2 Å². The molecule has 3 rings (SSSR count). The molecule has 0 saturated carbocycles. The zero-order valence-corrected chi connectivity index (χ0v) is 14.0. The highest BCUT2D eigenvalue weighted by Crippen LogP contribution is 2.34. The minimum absolute atomic E-state index is 0.281. The van der Waals surface area contributed by atoms with Gasteiger partial charge in [-0.1, -0.05) is 5.16 Å². The Balaban J connectivity index is 1.70. The molecule has 5 heteroatoms. The molecule has 0 saturated heterocycles. The lowest BCUT2D eigenvalue weighted by Gasteiger charge is -2.19. The van der Waals surface area contributed by atoms with Crippen molar-refractivity contribution in [1.82, 2.24) is 10.5 Å². The van der Waals surface area contributed by atoms with Crippen LogP contribution in [0.5, 0.6) is 11.5 Å². The maximum absolute atomic E-state index is 5.85. The molecule has 2 heterocycles. The number of ether oxygens (including phenoxy) is 2. The maximum atomic E-state index is 5.85. The summed E-state index contributed by atoms with van der Waals surface area (Å²) in [6.45, 7) is 5.60. The van der Waals surface area contributed by atoms with Crippen molar-refractivity contribution in [3.8, 4) is 11.5 Å². The van der Waals surface area contributed by atoms with E-state index >= 15 is 0 Å². The number of methoxy groups -OCH3 is 1. The molecule has 1 aromatic carbocycles. The van der Waals surface area contributed by atoms with E-state index in [-0.39, 0.29) is 6.04 Å². The third-order valence-electron chi connectivity index (χ3n) is 4.43. The number of hydrogen-bond acceptors (Lipinski definition) is 5. The standard InChI is InChI=1S/C18H24N2O3/c1-12-15(13(2)23-20-12)8-9-19-17-5-4-10-22-18-7-6-14(21-3)11-16(17)18/h6-7,11,17,19H,4-5,8-10H2,1-3H3. The molecular weight excluding hydrogens is 292 g/mol. The molecule has 1 atom stereocenters. The van der Waals surface area contributed by atoms with Crippen molar-refractivity contribution in [1.29, 1.82) is 0 Å². The van der Waals surface area contributed by atoms with Gasteiger partial charge >= 0.3 is 0 Å². The molecule has 1 unspecified atom stereocenters. The molecule has 1 N–H and O–H groups in total. The summed E-state index contributed by atoms with van der Waals surface area (Å²) in [5, 5.41) is 7.67. The zero-order valence-electron chi connectivity index (χ0n) is 14.0. The largest absolute Gasteiger partial charge is 0.497 e. The normalized spacial score (nSPS) is 17.3. The minimum Gasteiger partial charge on any atom is -0.497 e. The van der Waals surface area contributed by atoms with E-state index in [0.717, 1.165) is 55.4 Å². The topological polar surface area (TPSA) is 56.5 Å². The van der Waals surface area contributed by atoms with Crippen LogP contribution in [0.15, 0.2) is 22.7 Å². The summed E-state index contributed by atoms with van der Waals surface area (Å²) in [6.07, 6.45) is 3.01. The predicted octanol–water partition coefficient (Wildman–Crippen LogP) is 3.35. The summed E-state index contributed by atoms with van der Waals surface area (Å²) < 4.78 is 16.4. The number of aryl methyl sites for hydroxylation is 2. The molecule has 5 nitrogen and oxygen atoms in total. The van der Waals surface area contributed by atoms with Crippen LogP contribution in [-0.4, -0.2) is 25.4 Å². The quantitative estimate of drug-likeness (QED) is 0.917. The maximum Gasteiger partial charge on any atom is 0.137 e. The van der Waals surface area contributed by atoms with Gasteiger partial charge in [-0.3, -0.25) is 0 Å². The van der Waals surface area contributed by atoms with Gasteiger partial charge in [0.15, 0.2) is 0 Å². The van der Waals surface area contributed by atoms with E-state index in [1.165, 1.54) is 11.1 Å². The molecule has 0 aliphatic carbocycles. The monoisotopic (exact) mass is 316 g/mol. The lowest BCUT2D eigenvalue weighted by atomic mass is 10.0. The summed E-state index contributed by atoms with van der Waals surface area (Å²) in [5.74, 6) is 2.74. The number of fused-ring (bicyclic) bond motifs is 1. The second-order valence-corrected chi connectivity index (χ2v) is 5.95. The van der Waals surface area contributed by atoms with Gasteiger partial charge in [0.05, 0.1) is 19.4 Å². The number of nitrogens with zero attached hydrogens (tertiary/aromatic N) is 1. The van der Waals surface area contributed by atoms with Crippen LogP contribution in [0.4, 0.5) is 0 Å². The van der Waals surface area contributed by atoms with E-state index in [9.17, 15) is 0 Å². The summed E-state index contributed by atoms with van der Waals surface area (Å²) in [7, 11) is 1.69. The highest BCUT2D eigenvalue weighted by molar-refractivity contribution is 5.42. The summed E-state index contributed by atoms with van der Waals surface area (Å²) in [4.78, 5) is 0. The van der Waals surface area contributed by atoms with Crippen molar-refractivity contribution in [3.05, 3.63) is 40.8 Å². The summed E-state index contributed by atoms with van der Waals surface area (Å²) in [5.41, 5.74) is 3.37. The average Bonchev–Trinajstić information content (AvgIpc) is 2.77. The van der Waals surface area contributed by atoms with E-state index in [4.69, 9.17) is 14.0 Å². The van der Waals surface area contributed by atoms with E-state index in [0.29, 0.717) is 0 Å². The Bertz CT molecular complexity index is 647. The third kappa shape index (κ3) is 3.50. The van der Waals surface area contributed by atoms with Gasteiger partial charge in [0.25, 0.3) is 0 Å². The molecule has 1 aliphatic rings. The number of benzene rings is 1. The van der Waals surface area contributed by atoms with Crippen LogP contribution in [0.3, 0.4) is 0 Å². The van der Waals surface area contributed by atoms with Crippen LogP contribution in [0.2, 0.25) is 0 Å². The zero-order chi connectivity index (χ0) is 16.2. The molecule has 23 heavy (non-hydrogen) atoms. The number of nitrogens with one attached hydrogen (secondary N) is 1. The highest BCUT2D eigenvalue weighted by atomic mass is 16.5. The van der Waals surface area contributed by atoms with Gasteiger partial charge in [-0.25, -0.2) is 0 Å². The summed E-state index contributed by atoms with van der Waals surface area (Å²) in [6, 6.07) is 6.31. The first-order valence-electron chi connectivity index (χ1n) is 8.15. The van der Waals surface area contributed by atoms with Gasteiger partial charge in [0, 0.05) is 17.2 Å². The predicted molar refractivity (Wildman–Crippen MR) is 88.1 cm³/mol. The van der Waals surface area contributed by atoms with Crippen LogP contribution in [0, 0.1) is 13.8 Å². The molecule has 124 valence electrons. The molecule has 0 fully saturated rings. The SMILES string of the molecule is COc1ccc2c(c1)C(NCCc1c(C)noc1C)CCCO2. The minimum atomic E-state index is 0.281. The van der Waals surface area contributed by atoms with Crippen LogP contribution in [0.1, 0.15) is 41.5 Å². The fraction of sp³-hybridized carbons (Fsp3) is 0.500. The Hall–Kier alpha value is -2.01. The number of aromatic nitrogens is 1. The van der Waals surface area contributed by atoms with Crippen molar-refractivity contribution >= 4 is 0 Å². The second-order valence-electron chi connectivity index (χ2n) is 5.95. The van der Waals surface area contributed by atoms with Crippen molar-refractivity contribution in [2.24, 2.45) is 0 Å². The van der Waals surface area contributed by atoms with Crippen LogP contribution < -0.4 is 14.8 Å². The molecule has 1 aliphatic heterocycles. The van der Waals surface area contributed by atoms with Crippen molar-refractivity contribution in [2.75, 3.05) is 20.3 Å². The molecule has 2 aromatic rings. The Morgan fingerprint density at radius 1 is 1.35 bits per heavy atom. The van der Waals surface area contributed by atoms with Crippen molar-refractivity contribution < 1.29 is 14.0 Å². The first-order chi connectivity index (χ1) is 11.2. The van der Waals surface area contributed by atoms with Gasteiger partial charge in [-0.2, -0.15) is 0 Å². The fourth-order valence-electron chi connectivity index (χ4n) is 3.12. The van der Waals surface area contributed by atoms with E-state index < -0.39 is 0 Å². The van der Waals surface area contributed by atoms with E-state index in [2.05, 4.69) is 16.5 Å². The Morgan fingerprint density at radius 3 is 2.96 bits per heavy atom. The molecule has 0 spiro atoms. The van der Waals surface area contributed by atoms with E-state index in [1.807, 2.05) is 26.0 Å². The lowest BCUT2D eigenvalue weighted by molar-refractivity contribution is 0.314. The van der Waals surface area contributed by atoms with Crippen LogP contribution in [0.25, 0.3) is 0 Å². The van der Waals surface area contributed by atoms with Gasteiger partial charge in [0.1, 0.15) is 17.3 Å². The molecule has 0 bridgehead atoms. The first-order valence-corrected chi connectivity index (χ1v) is 8.15. The van der Waals surface area contributed by atoms with E-state index in [1.54, 1.807) is 7.11 Å². The third-order valence-corrected chi connectivity index (χ3v) is 4.43. The Morgan fingerprint density at radius 2 is 2.22 bits per heavy atom. The van der Waals surface area contributed by atoms with Gasteiger partial charge in [0.2, 0.25) is 0 Å². The Kier molecular flexibility index (Phi) is 4.86. The first kappa shape index (κ1) is 15.9. The smallest absolute Gasteiger partial charge is 0.137 e. The Labute approximate surface area is 137 Å². The van der Waals surface area contributed by atoms with Gasteiger partial charge in [-0.05, 0) is 57.9 Å². The molecular formula is C18H24N2O3. The average molecular weight is 316 g/mol. The highest BCUT2D eigenvalue weighted by Gasteiger charge is 2.20. The fourth-order valence-corrected chi connectivity index (χ4v) is 3.12. The van der Waals surface area contributed by atoms with Gasteiger partial charge < -0.3 is 19.3 Å². The van der Waals surface area contributed by atoms with Crippen molar-refractivity contribution in [3.63, 3.8) is 0 Å². The molecule has 1 aromatic heterocycles. The van der Waals surface area contributed by atoms with Gasteiger partial charge in [-0.15, -0.1) is 0 Å². The lowest BCUT2D eigenvalue weighted by Crippen LogP contribution is -2.23. The molecule has 0 radical (unpaired) electrons. The second kappa shape index (κ2) is 7.04.